The Bertz CT molecular complexity index is 1330. The van der Waals surface area contributed by atoms with Crippen molar-refractivity contribution in [1.82, 2.24) is 5.32 Å². The Hall–Kier alpha value is -2.71. The topological polar surface area (TPSA) is 118 Å². The van der Waals surface area contributed by atoms with Gasteiger partial charge in [0.05, 0.1) is 46.2 Å². The molecular formula is C26H24BrCl2N3O5S. The highest BCUT2D eigenvalue weighted by Gasteiger charge is 2.44. The molecule has 0 saturated carbocycles. The molecule has 0 spiro atoms. The van der Waals surface area contributed by atoms with Gasteiger partial charge in [0.1, 0.15) is 5.92 Å². The Kier molecular flexibility index (Phi) is 10.1. The molecule has 1 aliphatic heterocycles. The van der Waals surface area contributed by atoms with Gasteiger partial charge < -0.3 is 20.1 Å². The zero-order chi connectivity index (χ0) is 28.1. The minimum Gasteiger partial charge on any atom is -0.491 e. The van der Waals surface area contributed by atoms with Crippen LogP contribution >= 0.6 is 50.9 Å². The molecule has 0 saturated heterocycles. The monoisotopic (exact) mass is 639 g/mol. The number of anilines is 1. The van der Waals surface area contributed by atoms with E-state index in [1.165, 1.54) is 12.1 Å². The number of thioether (sulfide) groups is 1. The second-order valence-electron chi connectivity index (χ2n) is 8.32. The molecule has 2 atom stereocenters. The van der Waals surface area contributed by atoms with Gasteiger partial charge in [-0.1, -0.05) is 50.9 Å². The second kappa shape index (κ2) is 12.9. The molecule has 2 N–H and O–H groups in total. The molecule has 38 heavy (non-hydrogen) atoms. The summed E-state index contributed by atoms with van der Waals surface area (Å²) in [6.45, 7) is 5.85. The number of carbonyl (C=O) groups excluding carboxylic acids is 3. The third kappa shape index (κ3) is 6.46. The number of esters is 1. The quantitative estimate of drug-likeness (QED) is 0.273. The number of carbonyl (C=O) groups is 3. The molecule has 3 rings (SSSR count). The number of allylic oxidation sites excluding steroid dienone is 1. The van der Waals surface area contributed by atoms with Crippen molar-refractivity contribution in [1.29, 1.82) is 5.26 Å². The van der Waals surface area contributed by atoms with Gasteiger partial charge in [-0.2, -0.15) is 5.26 Å². The number of aryl methyl sites for hydroxylation is 2. The Labute approximate surface area is 243 Å². The SMILES string of the molecule is CCOc1c(Cl)cc([C@H]2C(C#N)=C(SCC(=O)Nc3c(C)cc(Br)cc3C)NC(=O)[C@@H]2C(=O)OC)cc1Cl. The molecule has 0 aromatic heterocycles. The maximum atomic E-state index is 13.1. The lowest BCUT2D eigenvalue weighted by Crippen LogP contribution is -2.44. The van der Waals surface area contributed by atoms with Gasteiger partial charge in [-0.05, 0) is 61.7 Å². The molecule has 0 radical (unpaired) electrons. The zero-order valence-electron chi connectivity index (χ0n) is 20.9. The van der Waals surface area contributed by atoms with Crippen molar-refractivity contribution < 1.29 is 23.9 Å². The number of ether oxygens (including phenoxy) is 2. The fraction of sp³-hybridized carbons (Fsp3) is 0.308. The van der Waals surface area contributed by atoms with Gasteiger partial charge in [-0.3, -0.25) is 14.4 Å². The molecule has 0 aliphatic carbocycles. The van der Waals surface area contributed by atoms with E-state index in [1.807, 2.05) is 26.0 Å². The lowest BCUT2D eigenvalue weighted by molar-refractivity contribution is -0.150. The molecule has 2 amide bonds. The molecule has 0 unspecified atom stereocenters. The summed E-state index contributed by atoms with van der Waals surface area (Å²) in [5.74, 6) is -4.10. The summed E-state index contributed by atoms with van der Waals surface area (Å²) in [7, 11) is 1.15. The lowest BCUT2D eigenvalue weighted by atomic mass is 9.78. The minimum absolute atomic E-state index is 0.0742. The average Bonchev–Trinajstić information content (AvgIpc) is 2.86. The van der Waals surface area contributed by atoms with Crippen LogP contribution in [0.5, 0.6) is 5.75 Å². The van der Waals surface area contributed by atoms with Crippen molar-refractivity contribution in [3.05, 3.63) is 66.1 Å². The smallest absolute Gasteiger partial charge is 0.319 e. The van der Waals surface area contributed by atoms with Gasteiger partial charge >= 0.3 is 5.97 Å². The molecule has 0 fully saturated rings. The van der Waals surface area contributed by atoms with Crippen LogP contribution in [-0.4, -0.2) is 37.3 Å². The number of benzene rings is 2. The molecule has 1 aliphatic rings. The highest BCUT2D eigenvalue weighted by Crippen LogP contribution is 2.44. The van der Waals surface area contributed by atoms with Crippen LogP contribution in [0.3, 0.4) is 0 Å². The molecule has 1 heterocycles. The summed E-state index contributed by atoms with van der Waals surface area (Å²) in [5.41, 5.74) is 2.87. The summed E-state index contributed by atoms with van der Waals surface area (Å²) in [5, 5.41) is 16.1. The van der Waals surface area contributed by atoms with Crippen molar-refractivity contribution >= 4 is 74.4 Å². The fourth-order valence-corrected chi connectivity index (χ4v) is 6.29. The summed E-state index contributed by atoms with van der Waals surface area (Å²) < 4.78 is 11.2. The minimum atomic E-state index is -1.37. The van der Waals surface area contributed by atoms with E-state index >= 15 is 0 Å². The predicted octanol–water partition coefficient (Wildman–Crippen LogP) is 5.88. The number of amides is 2. The number of methoxy groups -OCH3 is 1. The summed E-state index contributed by atoms with van der Waals surface area (Å²) >= 11 is 17.2. The van der Waals surface area contributed by atoms with Crippen LogP contribution < -0.4 is 15.4 Å². The predicted molar refractivity (Wildman–Crippen MR) is 151 cm³/mol. The van der Waals surface area contributed by atoms with Crippen LogP contribution in [0.4, 0.5) is 5.69 Å². The first kappa shape index (κ1) is 29.8. The van der Waals surface area contributed by atoms with E-state index < -0.39 is 23.7 Å². The maximum Gasteiger partial charge on any atom is 0.319 e. The van der Waals surface area contributed by atoms with Crippen LogP contribution in [0.1, 0.15) is 29.5 Å². The van der Waals surface area contributed by atoms with Gasteiger partial charge in [0.25, 0.3) is 0 Å². The highest BCUT2D eigenvalue weighted by atomic mass is 79.9. The van der Waals surface area contributed by atoms with Crippen molar-refractivity contribution in [3.8, 4) is 11.8 Å². The van der Waals surface area contributed by atoms with Crippen molar-refractivity contribution in [3.63, 3.8) is 0 Å². The van der Waals surface area contributed by atoms with Crippen molar-refractivity contribution in [2.75, 3.05) is 24.8 Å². The Morgan fingerprint density at radius 2 is 1.79 bits per heavy atom. The number of nitriles is 1. The maximum absolute atomic E-state index is 13.1. The van der Waals surface area contributed by atoms with Gasteiger partial charge in [-0.25, -0.2) is 0 Å². The summed E-state index contributed by atoms with van der Waals surface area (Å²) in [6, 6.07) is 8.87. The van der Waals surface area contributed by atoms with Crippen LogP contribution in [0.25, 0.3) is 0 Å². The number of halogens is 3. The Morgan fingerprint density at radius 1 is 1.18 bits per heavy atom. The molecule has 0 bridgehead atoms. The first-order valence-electron chi connectivity index (χ1n) is 11.4. The van der Waals surface area contributed by atoms with Crippen LogP contribution in [0, 0.1) is 31.1 Å². The van der Waals surface area contributed by atoms with E-state index in [0.29, 0.717) is 17.9 Å². The second-order valence-corrected chi connectivity index (χ2v) is 11.0. The molecule has 200 valence electrons. The van der Waals surface area contributed by atoms with Gasteiger partial charge in [0.2, 0.25) is 11.8 Å². The van der Waals surface area contributed by atoms with Crippen molar-refractivity contribution in [2.45, 2.75) is 26.7 Å². The van der Waals surface area contributed by atoms with Crippen molar-refractivity contribution in [2.24, 2.45) is 5.92 Å². The molecule has 8 nitrogen and oxygen atoms in total. The van der Waals surface area contributed by atoms with Gasteiger partial charge in [-0.15, -0.1) is 0 Å². The standard InChI is InChI=1S/C26H24BrCl2N3O5S/c1-5-37-23-17(28)8-14(9-18(23)29)20-16(10-30)25(32-24(34)21(20)26(35)36-4)38-11-19(33)31-22-12(2)6-15(27)7-13(22)3/h6-9,20-21H,5,11H2,1-4H3,(H,31,33)(H,32,34)/t20-,21+/m0/s1. The lowest BCUT2D eigenvalue weighted by Gasteiger charge is -2.31. The summed E-state index contributed by atoms with van der Waals surface area (Å²) in [4.78, 5) is 38.5. The van der Waals surface area contributed by atoms with Crippen LogP contribution in [0.15, 0.2) is 39.3 Å². The zero-order valence-corrected chi connectivity index (χ0v) is 24.8. The number of nitrogens with one attached hydrogen (secondary N) is 2. The van der Waals surface area contributed by atoms with E-state index in [9.17, 15) is 19.6 Å². The molecule has 2 aromatic rings. The molecule has 2 aromatic carbocycles. The van der Waals surface area contributed by atoms with E-state index in [-0.39, 0.29) is 38.1 Å². The normalized spacial score (nSPS) is 16.9. The van der Waals surface area contributed by atoms with E-state index in [1.54, 1.807) is 6.92 Å². The number of hydrogen-bond donors (Lipinski definition) is 2. The first-order valence-corrected chi connectivity index (χ1v) is 13.9. The van der Waals surface area contributed by atoms with E-state index in [2.05, 4.69) is 32.6 Å². The third-order valence-electron chi connectivity index (χ3n) is 5.76. The third-order valence-corrected chi connectivity index (χ3v) is 7.80. The van der Waals surface area contributed by atoms with E-state index in [0.717, 1.165) is 34.5 Å². The summed E-state index contributed by atoms with van der Waals surface area (Å²) in [6.07, 6.45) is 0. The fourth-order valence-electron chi connectivity index (χ4n) is 4.14. The van der Waals surface area contributed by atoms with Gasteiger partial charge in [0, 0.05) is 16.1 Å². The number of nitrogens with zero attached hydrogens (tertiary/aromatic N) is 1. The number of rotatable bonds is 8. The molecular weight excluding hydrogens is 617 g/mol. The average molecular weight is 641 g/mol. The largest absolute Gasteiger partial charge is 0.491 e. The Morgan fingerprint density at radius 3 is 2.32 bits per heavy atom. The Balaban J connectivity index is 1.97. The van der Waals surface area contributed by atoms with Crippen LogP contribution in [-0.2, 0) is 19.1 Å². The molecule has 12 heteroatoms. The highest BCUT2D eigenvalue weighted by molar-refractivity contribution is 9.10. The van der Waals surface area contributed by atoms with Gasteiger partial charge in [0.15, 0.2) is 5.75 Å². The number of hydrogen-bond acceptors (Lipinski definition) is 7. The van der Waals surface area contributed by atoms with E-state index in [4.69, 9.17) is 32.7 Å². The first-order chi connectivity index (χ1) is 18.0. The van der Waals surface area contributed by atoms with Crippen LogP contribution in [0.2, 0.25) is 10.0 Å².